The number of hydrogen-bond donors (Lipinski definition) is 1. The van der Waals surface area contributed by atoms with Crippen LogP contribution in [-0.2, 0) is 6.42 Å². The standard InChI is InChI=1S/C12H18N2/c1-3-9-13-11(5-1)6-2-4-10-14-12-7-8-12/h1,3,5,9,12,14H,2,4,6-8,10H2. The van der Waals surface area contributed by atoms with E-state index < -0.39 is 0 Å². The number of nitrogens with zero attached hydrogens (tertiary/aromatic N) is 1. The van der Waals surface area contributed by atoms with E-state index in [4.69, 9.17) is 0 Å². The lowest BCUT2D eigenvalue weighted by Gasteiger charge is -2.02. The van der Waals surface area contributed by atoms with E-state index in [1.54, 1.807) is 0 Å². The largest absolute Gasteiger partial charge is 0.314 e. The highest BCUT2D eigenvalue weighted by Crippen LogP contribution is 2.18. The summed E-state index contributed by atoms with van der Waals surface area (Å²) in [5, 5.41) is 3.52. The average Bonchev–Trinajstić information content (AvgIpc) is 3.03. The molecule has 2 nitrogen and oxygen atoms in total. The zero-order valence-corrected chi connectivity index (χ0v) is 8.58. The number of unbranched alkanes of at least 4 members (excludes halogenated alkanes) is 1. The summed E-state index contributed by atoms with van der Waals surface area (Å²) in [6.45, 7) is 1.18. The van der Waals surface area contributed by atoms with Crippen LogP contribution in [0.2, 0.25) is 0 Å². The molecule has 0 aromatic carbocycles. The van der Waals surface area contributed by atoms with Gasteiger partial charge >= 0.3 is 0 Å². The number of nitrogens with one attached hydrogen (secondary N) is 1. The fourth-order valence-electron chi connectivity index (χ4n) is 1.57. The Morgan fingerprint density at radius 3 is 2.93 bits per heavy atom. The number of aromatic nitrogens is 1. The predicted octanol–water partition coefficient (Wildman–Crippen LogP) is 2.16. The fourth-order valence-corrected chi connectivity index (χ4v) is 1.57. The minimum atomic E-state index is 0.852. The van der Waals surface area contributed by atoms with E-state index in [1.807, 2.05) is 12.3 Å². The van der Waals surface area contributed by atoms with Gasteiger partial charge in [-0.2, -0.15) is 0 Å². The normalized spacial score (nSPS) is 15.7. The molecule has 0 atom stereocenters. The van der Waals surface area contributed by atoms with E-state index in [-0.39, 0.29) is 0 Å². The first-order valence-corrected chi connectivity index (χ1v) is 5.58. The van der Waals surface area contributed by atoms with Gasteiger partial charge in [0.1, 0.15) is 0 Å². The van der Waals surface area contributed by atoms with Gasteiger partial charge in [0.05, 0.1) is 0 Å². The van der Waals surface area contributed by atoms with E-state index in [0.717, 1.165) is 12.5 Å². The maximum atomic E-state index is 4.30. The Morgan fingerprint density at radius 2 is 2.21 bits per heavy atom. The van der Waals surface area contributed by atoms with E-state index in [1.165, 1.54) is 37.9 Å². The van der Waals surface area contributed by atoms with Crippen molar-refractivity contribution in [3.05, 3.63) is 30.1 Å². The van der Waals surface area contributed by atoms with Crippen LogP contribution in [0.15, 0.2) is 24.4 Å². The maximum Gasteiger partial charge on any atom is 0.0403 e. The summed E-state index contributed by atoms with van der Waals surface area (Å²) in [7, 11) is 0. The van der Waals surface area contributed by atoms with Gasteiger partial charge in [0.15, 0.2) is 0 Å². The first-order valence-electron chi connectivity index (χ1n) is 5.58. The quantitative estimate of drug-likeness (QED) is 0.695. The number of hydrogen-bond acceptors (Lipinski definition) is 2. The molecule has 1 aromatic heterocycles. The Kier molecular flexibility index (Phi) is 3.52. The Bertz CT molecular complexity index is 254. The molecule has 1 N–H and O–H groups in total. The summed E-state index contributed by atoms with van der Waals surface area (Å²) in [4.78, 5) is 4.30. The van der Waals surface area contributed by atoms with Crippen molar-refractivity contribution in [2.75, 3.05) is 6.54 Å². The second-order valence-electron chi connectivity index (χ2n) is 4.01. The predicted molar refractivity (Wildman–Crippen MR) is 58.2 cm³/mol. The van der Waals surface area contributed by atoms with Crippen molar-refractivity contribution in [1.82, 2.24) is 10.3 Å². The van der Waals surface area contributed by atoms with Crippen LogP contribution >= 0.6 is 0 Å². The zero-order valence-electron chi connectivity index (χ0n) is 8.58. The number of aryl methyl sites for hydroxylation is 1. The van der Waals surface area contributed by atoms with Crippen LogP contribution in [0, 0.1) is 0 Å². The minimum absolute atomic E-state index is 0.852. The number of rotatable bonds is 6. The van der Waals surface area contributed by atoms with Crippen molar-refractivity contribution < 1.29 is 0 Å². The van der Waals surface area contributed by atoms with Crippen molar-refractivity contribution in [3.8, 4) is 0 Å². The Hall–Kier alpha value is -0.890. The smallest absolute Gasteiger partial charge is 0.0403 e. The highest BCUT2D eigenvalue weighted by atomic mass is 14.9. The van der Waals surface area contributed by atoms with Gasteiger partial charge in [-0.3, -0.25) is 4.98 Å². The molecule has 2 rings (SSSR count). The van der Waals surface area contributed by atoms with Crippen molar-refractivity contribution in [3.63, 3.8) is 0 Å². The van der Waals surface area contributed by atoms with E-state index >= 15 is 0 Å². The van der Waals surface area contributed by atoms with Crippen molar-refractivity contribution in [2.24, 2.45) is 0 Å². The van der Waals surface area contributed by atoms with Crippen molar-refractivity contribution >= 4 is 0 Å². The molecule has 2 heteroatoms. The van der Waals surface area contributed by atoms with Gasteiger partial charge in [-0.15, -0.1) is 0 Å². The Labute approximate surface area is 85.7 Å². The summed E-state index contributed by atoms with van der Waals surface area (Å²) < 4.78 is 0. The average molecular weight is 190 g/mol. The summed E-state index contributed by atoms with van der Waals surface area (Å²) in [6, 6.07) is 6.99. The van der Waals surface area contributed by atoms with Crippen LogP contribution in [0.3, 0.4) is 0 Å². The summed E-state index contributed by atoms with van der Waals surface area (Å²) >= 11 is 0. The first kappa shape index (κ1) is 9.66. The summed E-state index contributed by atoms with van der Waals surface area (Å²) in [6.07, 6.45) is 8.29. The molecule has 1 fully saturated rings. The van der Waals surface area contributed by atoms with E-state index in [9.17, 15) is 0 Å². The van der Waals surface area contributed by atoms with Crippen molar-refractivity contribution in [1.29, 1.82) is 0 Å². The van der Waals surface area contributed by atoms with E-state index in [0.29, 0.717) is 0 Å². The highest BCUT2D eigenvalue weighted by molar-refractivity contribution is 5.03. The second kappa shape index (κ2) is 5.11. The SMILES string of the molecule is c1ccc(CCCCNC2CC2)nc1. The van der Waals surface area contributed by atoms with Gasteiger partial charge in [-0.25, -0.2) is 0 Å². The second-order valence-corrected chi connectivity index (χ2v) is 4.01. The lowest BCUT2D eigenvalue weighted by Crippen LogP contribution is -2.17. The molecular formula is C12H18N2. The Balaban J connectivity index is 1.54. The van der Waals surface area contributed by atoms with Crippen LogP contribution in [-0.4, -0.2) is 17.6 Å². The lowest BCUT2D eigenvalue weighted by molar-refractivity contribution is 0.617. The summed E-state index contributed by atoms with van der Waals surface area (Å²) in [5.41, 5.74) is 1.22. The molecule has 0 saturated heterocycles. The van der Waals surface area contributed by atoms with Gasteiger partial charge in [0.2, 0.25) is 0 Å². The molecule has 1 aliphatic carbocycles. The highest BCUT2D eigenvalue weighted by Gasteiger charge is 2.19. The van der Waals surface area contributed by atoms with Gasteiger partial charge < -0.3 is 5.32 Å². The van der Waals surface area contributed by atoms with Crippen LogP contribution in [0.1, 0.15) is 31.4 Å². The Morgan fingerprint density at radius 1 is 1.29 bits per heavy atom. The van der Waals surface area contributed by atoms with Gasteiger partial charge in [0.25, 0.3) is 0 Å². The molecule has 1 saturated carbocycles. The molecule has 0 unspecified atom stereocenters. The molecule has 0 bridgehead atoms. The van der Waals surface area contributed by atoms with Crippen LogP contribution in [0.5, 0.6) is 0 Å². The molecular weight excluding hydrogens is 172 g/mol. The molecule has 0 spiro atoms. The molecule has 1 heterocycles. The van der Waals surface area contributed by atoms with Crippen molar-refractivity contribution in [2.45, 2.75) is 38.1 Å². The van der Waals surface area contributed by atoms with Gasteiger partial charge in [-0.1, -0.05) is 6.07 Å². The topological polar surface area (TPSA) is 24.9 Å². The monoisotopic (exact) mass is 190 g/mol. The number of pyridine rings is 1. The molecule has 1 aromatic rings. The summed E-state index contributed by atoms with van der Waals surface area (Å²) in [5.74, 6) is 0. The molecule has 76 valence electrons. The molecule has 1 aliphatic rings. The van der Waals surface area contributed by atoms with E-state index in [2.05, 4.69) is 22.4 Å². The van der Waals surface area contributed by atoms with Crippen LogP contribution in [0.25, 0.3) is 0 Å². The third kappa shape index (κ3) is 3.46. The third-order valence-electron chi connectivity index (χ3n) is 2.60. The van der Waals surface area contributed by atoms with Crippen LogP contribution in [0.4, 0.5) is 0 Å². The molecule has 0 aliphatic heterocycles. The van der Waals surface area contributed by atoms with Gasteiger partial charge in [0, 0.05) is 17.9 Å². The van der Waals surface area contributed by atoms with Crippen LogP contribution < -0.4 is 5.32 Å². The fraction of sp³-hybridized carbons (Fsp3) is 0.583. The zero-order chi connectivity index (χ0) is 9.64. The maximum absolute atomic E-state index is 4.30. The van der Waals surface area contributed by atoms with Gasteiger partial charge in [-0.05, 0) is 50.8 Å². The minimum Gasteiger partial charge on any atom is -0.314 e. The molecule has 0 radical (unpaired) electrons. The molecule has 0 amide bonds. The molecule has 14 heavy (non-hydrogen) atoms. The first-order chi connectivity index (χ1) is 6.95. The lowest BCUT2D eigenvalue weighted by atomic mass is 10.2. The third-order valence-corrected chi connectivity index (χ3v) is 2.60.